The molecule has 5 nitrogen and oxygen atoms in total. The summed E-state index contributed by atoms with van der Waals surface area (Å²) in [5.74, 6) is 0.697. The molecule has 0 aliphatic heterocycles. The molecule has 0 atom stereocenters. The predicted molar refractivity (Wildman–Crippen MR) is 244 cm³/mol. The zero-order chi connectivity index (χ0) is 40.1. The van der Waals surface area contributed by atoms with Crippen LogP contribution in [0.1, 0.15) is 0 Å². The molecule has 5 heteroatoms. The molecule has 10 aromatic rings. The first kappa shape index (κ1) is 36.2. The number of hydrogen-bond donors (Lipinski definition) is 0. The van der Waals surface area contributed by atoms with Crippen LogP contribution in [0.3, 0.4) is 0 Å². The Bertz CT molecular complexity index is 2970. The third-order valence-electron chi connectivity index (χ3n) is 10.7. The lowest BCUT2D eigenvalue weighted by atomic mass is 9.98. The van der Waals surface area contributed by atoms with Crippen LogP contribution in [0.5, 0.6) is 0 Å². The average Bonchev–Trinajstić information content (AvgIpc) is 3.35. The van der Waals surface area contributed by atoms with Crippen LogP contribution in [-0.4, -0.2) is 24.9 Å². The van der Waals surface area contributed by atoms with E-state index in [4.69, 9.17) is 19.9 Å². The van der Waals surface area contributed by atoms with E-state index in [2.05, 4.69) is 163 Å². The normalized spacial score (nSPS) is 11.0. The first-order chi connectivity index (χ1) is 29.7. The van der Waals surface area contributed by atoms with Gasteiger partial charge in [-0.15, -0.1) is 0 Å². The summed E-state index contributed by atoms with van der Waals surface area (Å²) in [6, 6.07) is 73.2. The topological polar surface area (TPSA) is 64.5 Å². The molecule has 10 rings (SSSR count). The summed E-state index contributed by atoms with van der Waals surface area (Å²) in [6.07, 6.45) is 3.65. The van der Waals surface area contributed by atoms with Crippen LogP contribution in [0.15, 0.2) is 225 Å². The number of benzene rings is 6. The maximum absolute atomic E-state index is 5.06. The highest BCUT2D eigenvalue weighted by Crippen LogP contribution is 2.34. The van der Waals surface area contributed by atoms with Gasteiger partial charge in [0, 0.05) is 29.1 Å². The molecule has 0 aliphatic rings. The zero-order valence-corrected chi connectivity index (χ0v) is 32.6. The van der Waals surface area contributed by atoms with Gasteiger partial charge in [-0.25, -0.2) is 15.0 Å². The van der Waals surface area contributed by atoms with Crippen LogP contribution >= 0.6 is 0 Å². The lowest BCUT2D eigenvalue weighted by Crippen LogP contribution is -1.96. The minimum absolute atomic E-state index is 0.697. The fourth-order valence-electron chi connectivity index (χ4n) is 7.47. The van der Waals surface area contributed by atoms with Gasteiger partial charge in [-0.3, -0.25) is 9.97 Å². The standard InChI is InChI=1S/C55H37N5/c1-4-12-38(13-5-1)40-23-27-44(28-24-40)50-37-51(60-55(59-50)46-16-8-3-9-17-46)45-29-25-42(26-30-45)41-19-21-43(22-20-41)47-31-33-57-52(34-47)54-36-48(39-14-6-2-7-15-39)35-53(58-54)49-18-10-11-32-56-49/h1-37H. The summed E-state index contributed by atoms with van der Waals surface area (Å²) in [5.41, 5.74) is 17.0. The van der Waals surface area contributed by atoms with Crippen molar-refractivity contribution in [3.63, 3.8) is 0 Å². The first-order valence-electron chi connectivity index (χ1n) is 20.0. The summed E-state index contributed by atoms with van der Waals surface area (Å²) >= 11 is 0. The number of pyridine rings is 3. The second-order valence-corrected chi connectivity index (χ2v) is 14.6. The van der Waals surface area contributed by atoms with Crippen LogP contribution in [0, 0.1) is 0 Å². The minimum Gasteiger partial charge on any atom is -0.255 e. The van der Waals surface area contributed by atoms with Gasteiger partial charge < -0.3 is 0 Å². The van der Waals surface area contributed by atoms with Gasteiger partial charge in [0.1, 0.15) is 0 Å². The van der Waals surface area contributed by atoms with Gasteiger partial charge in [-0.2, -0.15) is 0 Å². The van der Waals surface area contributed by atoms with Gasteiger partial charge in [0.2, 0.25) is 0 Å². The minimum atomic E-state index is 0.697. The first-order valence-corrected chi connectivity index (χ1v) is 20.0. The number of hydrogen-bond acceptors (Lipinski definition) is 5. The van der Waals surface area contributed by atoms with Crippen molar-refractivity contribution in [3.05, 3.63) is 225 Å². The molecule has 0 fully saturated rings. The van der Waals surface area contributed by atoms with Crippen molar-refractivity contribution in [2.75, 3.05) is 0 Å². The molecule has 6 aromatic carbocycles. The Morgan fingerprint density at radius 2 is 0.600 bits per heavy atom. The molecule has 0 amide bonds. The molecular weight excluding hydrogens is 731 g/mol. The van der Waals surface area contributed by atoms with Gasteiger partial charge in [-0.1, -0.05) is 170 Å². The molecule has 0 unspecified atom stereocenters. The molecule has 0 spiro atoms. The summed E-state index contributed by atoms with van der Waals surface area (Å²) in [6.45, 7) is 0. The maximum Gasteiger partial charge on any atom is 0.160 e. The Morgan fingerprint density at radius 3 is 1.12 bits per heavy atom. The van der Waals surface area contributed by atoms with Crippen molar-refractivity contribution in [1.82, 2.24) is 24.9 Å². The predicted octanol–water partition coefficient (Wildman–Crippen LogP) is 13.7. The summed E-state index contributed by atoms with van der Waals surface area (Å²) in [7, 11) is 0. The van der Waals surface area contributed by atoms with Gasteiger partial charge in [0.25, 0.3) is 0 Å². The average molecular weight is 768 g/mol. The molecule has 282 valence electrons. The lowest BCUT2D eigenvalue weighted by Gasteiger charge is -2.11. The molecule has 0 saturated carbocycles. The van der Waals surface area contributed by atoms with Gasteiger partial charge in [0.15, 0.2) is 5.82 Å². The smallest absolute Gasteiger partial charge is 0.160 e. The van der Waals surface area contributed by atoms with Crippen molar-refractivity contribution in [1.29, 1.82) is 0 Å². The van der Waals surface area contributed by atoms with E-state index in [9.17, 15) is 0 Å². The maximum atomic E-state index is 5.06. The van der Waals surface area contributed by atoms with Gasteiger partial charge in [-0.05, 0) is 87.0 Å². The number of rotatable bonds is 9. The van der Waals surface area contributed by atoms with E-state index in [0.29, 0.717) is 5.82 Å². The van der Waals surface area contributed by atoms with Crippen LogP contribution < -0.4 is 0 Å². The molecule has 4 heterocycles. The van der Waals surface area contributed by atoms with Crippen LogP contribution in [0.25, 0.3) is 101 Å². The van der Waals surface area contributed by atoms with E-state index in [-0.39, 0.29) is 0 Å². The second-order valence-electron chi connectivity index (χ2n) is 14.6. The van der Waals surface area contributed by atoms with E-state index in [0.717, 1.165) is 84.2 Å². The third-order valence-corrected chi connectivity index (χ3v) is 10.7. The van der Waals surface area contributed by atoms with Crippen molar-refractivity contribution in [2.45, 2.75) is 0 Å². The van der Waals surface area contributed by atoms with Gasteiger partial charge in [0.05, 0.1) is 34.2 Å². The molecule has 0 saturated heterocycles. The highest BCUT2D eigenvalue weighted by molar-refractivity contribution is 5.79. The highest BCUT2D eigenvalue weighted by Gasteiger charge is 2.14. The molecule has 4 aromatic heterocycles. The lowest BCUT2D eigenvalue weighted by molar-refractivity contribution is 1.18. The van der Waals surface area contributed by atoms with Crippen molar-refractivity contribution < 1.29 is 0 Å². The fourth-order valence-corrected chi connectivity index (χ4v) is 7.47. The molecule has 0 radical (unpaired) electrons. The quantitative estimate of drug-likeness (QED) is 0.146. The Labute approximate surface area is 349 Å². The monoisotopic (exact) mass is 767 g/mol. The SMILES string of the molecule is c1ccc(-c2ccc(-c3cc(-c4ccc(-c5ccc(-c6ccnc(-c7cc(-c8ccccc8)cc(-c8ccccn8)n7)c6)cc5)cc4)nc(-c4ccccc4)n3)cc2)cc1. The second kappa shape index (κ2) is 16.4. The highest BCUT2D eigenvalue weighted by atomic mass is 14.9. The Balaban J connectivity index is 0.927. The Morgan fingerprint density at radius 1 is 0.200 bits per heavy atom. The fraction of sp³-hybridized carbons (Fsp3) is 0. The zero-order valence-electron chi connectivity index (χ0n) is 32.6. The van der Waals surface area contributed by atoms with Crippen LogP contribution in [0.4, 0.5) is 0 Å². The molecule has 0 bridgehead atoms. The summed E-state index contributed by atoms with van der Waals surface area (Å²) in [5, 5.41) is 0. The van der Waals surface area contributed by atoms with E-state index in [1.165, 1.54) is 11.1 Å². The largest absolute Gasteiger partial charge is 0.255 e. The van der Waals surface area contributed by atoms with E-state index in [1.54, 1.807) is 6.20 Å². The Kier molecular flexibility index (Phi) is 9.88. The van der Waals surface area contributed by atoms with Crippen molar-refractivity contribution >= 4 is 0 Å². The number of aromatic nitrogens is 5. The molecule has 0 aliphatic carbocycles. The molecular formula is C55H37N5. The van der Waals surface area contributed by atoms with Crippen LogP contribution in [-0.2, 0) is 0 Å². The van der Waals surface area contributed by atoms with E-state index < -0.39 is 0 Å². The summed E-state index contributed by atoms with van der Waals surface area (Å²) < 4.78 is 0. The van der Waals surface area contributed by atoms with Crippen LogP contribution in [0.2, 0.25) is 0 Å². The van der Waals surface area contributed by atoms with E-state index in [1.807, 2.05) is 60.8 Å². The molecule has 0 N–H and O–H groups in total. The molecule has 60 heavy (non-hydrogen) atoms. The van der Waals surface area contributed by atoms with Crippen molar-refractivity contribution in [2.24, 2.45) is 0 Å². The third kappa shape index (κ3) is 7.76. The van der Waals surface area contributed by atoms with Crippen molar-refractivity contribution in [3.8, 4) is 101 Å². The summed E-state index contributed by atoms with van der Waals surface area (Å²) in [4.78, 5) is 24.5. The van der Waals surface area contributed by atoms with E-state index >= 15 is 0 Å². The number of nitrogens with zero attached hydrogens (tertiary/aromatic N) is 5. The Hall–Kier alpha value is -8.15. The van der Waals surface area contributed by atoms with Gasteiger partial charge >= 0.3 is 0 Å².